The number of rotatable bonds is 10. The predicted octanol–water partition coefficient (Wildman–Crippen LogP) is 4.68. The van der Waals surface area contributed by atoms with E-state index in [-0.39, 0.29) is 41.7 Å². The number of aromatic carboxylic acids is 2. The molecule has 0 bridgehead atoms. The van der Waals surface area contributed by atoms with Crippen molar-refractivity contribution in [1.29, 1.82) is 0 Å². The minimum atomic E-state index is -1.12. The van der Waals surface area contributed by atoms with Crippen molar-refractivity contribution < 1.29 is 58.3 Å². The summed E-state index contributed by atoms with van der Waals surface area (Å²) in [5, 5.41) is 17.8. The molecule has 0 fully saturated rings. The van der Waals surface area contributed by atoms with Crippen molar-refractivity contribution in [2.75, 3.05) is 13.2 Å². The van der Waals surface area contributed by atoms with Crippen molar-refractivity contribution in [1.82, 2.24) is 0 Å². The van der Waals surface area contributed by atoms with Gasteiger partial charge >= 0.3 is 23.9 Å². The third-order valence-electron chi connectivity index (χ3n) is 4.22. The summed E-state index contributed by atoms with van der Waals surface area (Å²) < 4.78 is 9.91. The number of carboxylic acids is 2. The van der Waals surface area contributed by atoms with E-state index >= 15 is 0 Å². The molecule has 0 spiro atoms. The van der Waals surface area contributed by atoms with Crippen LogP contribution in [0.3, 0.4) is 0 Å². The Labute approximate surface area is 205 Å². The molecule has 174 valence electrons. The molecule has 0 unspecified atom stereocenters. The smallest absolute Gasteiger partial charge is 0.339 e. The van der Waals surface area contributed by atoms with E-state index in [4.69, 9.17) is 19.7 Å². The number of carboxylic acid groups (broad SMARTS) is 2. The Morgan fingerprint density at radius 2 is 0.939 bits per heavy atom. The number of ether oxygens (including phenoxy) is 2. The zero-order valence-electron chi connectivity index (χ0n) is 18.9. The zero-order valence-corrected chi connectivity index (χ0v) is 21.9. The largest absolute Gasteiger partial charge is 0.478 e. The number of hydrogen-bond donors (Lipinski definition) is 2. The molecule has 0 atom stereocenters. The van der Waals surface area contributed by atoms with E-state index in [1.54, 1.807) is 24.3 Å². The minimum absolute atomic E-state index is 0. The fourth-order valence-electron chi connectivity index (χ4n) is 2.47. The van der Waals surface area contributed by atoms with Gasteiger partial charge in [0.05, 0.1) is 35.5 Å². The molecule has 8 nitrogen and oxygen atoms in total. The molecule has 0 radical (unpaired) electrons. The Hall–Kier alpha value is -3.06. The molecule has 0 aliphatic carbocycles. The van der Waals surface area contributed by atoms with Crippen LogP contribution in [0.4, 0.5) is 0 Å². The second kappa shape index (κ2) is 16.6. The van der Waals surface area contributed by atoms with Gasteiger partial charge in [-0.05, 0) is 37.1 Å². The second-order valence-corrected chi connectivity index (χ2v) is 6.68. The number of benzene rings is 2. The molecule has 0 aliphatic rings. The van der Waals surface area contributed by atoms with Gasteiger partial charge in [0, 0.05) is 19.5 Å². The van der Waals surface area contributed by atoms with Gasteiger partial charge < -0.3 is 19.7 Å². The van der Waals surface area contributed by atoms with Gasteiger partial charge in [0.15, 0.2) is 0 Å². The van der Waals surface area contributed by atoms with Crippen molar-refractivity contribution in [3.05, 3.63) is 70.8 Å². The Balaban J connectivity index is 0.000000602. The number of carbonyl (C=O) groups is 4. The predicted molar refractivity (Wildman–Crippen MR) is 117 cm³/mol. The SMILES string of the molecule is CCCCOC(=O)c1ccccc1C(=O)O.CCCCOC(=O)c1ccccc1C(=O)O.[Zn]. The van der Waals surface area contributed by atoms with E-state index in [1.807, 2.05) is 13.8 Å². The number of carbonyl (C=O) groups excluding carboxylic acids is 2. The van der Waals surface area contributed by atoms with Crippen LogP contribution < -0.4 is 0 Å². The molecule has 33 heavy (non-hydrogen) atoms. The van der Waals surface area contributed by atoms with Crippen molar-refractivity contribution in [3.8, 4) is 0 Å². The van der Waals surface area contributed by atoms with E-state index < -0.39 is 23.9 Å². The Kier molecular flexibility index (Phi) is 15.0. The number of hydrogen-bond acceptors (Lipinski definition) is 6. The normalized spacial score (nSPS) is 9.52. The van der Waals surface area contributed by atoms with E-state index in [0.29, 0.717) is 13.2 Å². The first-order valence-electron chi connectivity index (χ1n) is 10.3. The summed E-state index contributed by atoms with van der Waals surface area (Å²) in [5.41, 5.74) is 0.158. The molecule has 0 amide bonds. The van der Waals surface area contributed by atoms with Gasteiger partial charge in [-0.1, -0.05) is 51.0 Å². The Morgan fingerprint density at radius 3 is 1.21 bits per heavy atom. The third-order valence-corrected chi connectivity index (χ3v) is 4.22. The van der Waals surface area contributed by atoms with Gasteiger partial charge in [-0.25, -0.2) is 19.2 Å². The van der Waals surface area contributed by atoms with Crippen molar-refractivity contribution in [2.45, 2.75) is 39.5 Å². The van der Waals surface area contributed by atoms with Gasteiger partial charge in [0.1, 0.15) is 0 Å². The first-order chi connectivity index (χ1) is 15.3. The van der Waals surface area contributed by atoms with Crippen LogP contribution >= 0.6 is 0 Å². The topological polar surface area (TPSA) is 127 Å². The van der Waals surface area contributed by atoms with Gasteiger partial charge in [-0.15, -0.1) is 0 Å². The summed E-state index contributed by atoms with van der Waals surface area (Å²) in [6.45, 7) is 4.62. The maximum absolute atomic E-state index is 11.6. The van der Waals surface area contributed by atoms with Crippen LogP contribution in [0.25, 0.3) is 0 Å². The average Bonchev–Trinajstić information content (AvgIpc) is 2.79. The fourth-order valence-corrected chi connectivity index (χ4v) is 2.47. The van der Waals surface area contributed by atoms with Crippen molar-refractivity contribution in [3.63, 3.8) is 0 Å². The van der Waals surface area contributed by atoms with Gasteiger partial charge in [0.25, 0.3) is 0 Å². The third kappa shape index (κ3) is 10.4. The zero-order chi connectivity index (χ0) is 23.9. The number of unbranched alkanes of at least 4 members (excludes halogenated alkanes) is 2. The first kappa shape index (κ1) is 29.9. The molecular weight excluding hydrogens is 482 g/mol. The van der Waals surface area contributed by atoms with Crippen LogP contribution in [0.1, 0.15) is 81.0 Å². The summed E-state index contributed by atoms with van der Waals surface area (Å²) >= 11 is 0. The summed E-state index contributed by atoms with van der Waals surface area (Å²) in [4.78, 5) is 44.8. The van der Waals surface area contributed by atoms with Crippen LogP contribution in [0.2, 0.25) is 0 Å². The van der Waals surface area contributed by atoms with E-state index in [9.17, 15) is 19.2 Å². The quantitative estimate of drug-likeness (QED) is 0.268. The van der Waals surface area contributed by atoms with Crippen LogP contribution in [0.15, 0.2) is 48.5 Å². The van der Waals surface area contributed by atoms with Crippen LogP contribution in [-0.4, -0.2) is 47.3 Å². The molecule has 2 aromatic rings. The summed E-state index contributed by atoms with van der Waals surface area (Å²) in [7, 11) is 0. The average molecular weight is 510 g/mol. The second-order valence-electron chi connectivity index (χ2n) is 6.68. The molecule has 0 saturated heterocycles. The van der Waals surface area contributed by atoms with E-state index in [1.165, 1.54) is 24.3 Å². The maximum atomic E-state index is 11.6. The minimum Gasteiger partial charge on any atom is -0.478 e. The fraction of sp³-hybridized carbons (Fsp3) is 0.333. The van der Waals surface area contributed by atoms with Crippen LogP contribution in [0, 0.1) is 0 Å². The Bertz CT molecular complexity index is 851. The molecule has 0 saturated carbocycles. The molecular formula is C24H28O8Zn. The molecule has 2 aromatic carbocycles. The molecule has 0 heterocycles. The monoisotopic (exact) mass is 508 g/mol. The van der Waals surface area contributed by atoms with Gasteiger partial charge in [-0.2, -0.15) is 0 Å². The standard InChI is InChI=1S/2C12H14O4.Zn/c2*1-2-3-8-16-12(15)10-7-5-4-6-9(10)11(13)14;/h2*4-7H,2-3,8H2,1H3,(H,13,14);. The van der Waals surface area contributed by atoms with E-state index in [2.05, 4.69) is 0 Å². The van der Waals surface area contributed by atoms with Crippen molar-refractivity contribution >= 4 is 23.9 Å². The molecule has 0 aromatic heterocycles. The summed E-state index contributed by atoms with van der Waals surface area (Å²) in [6, 6.07) is 12.1. The van der Waals surface area contributed by atoms with Crippen LogP contribution in [0.5, 0.6) is 0 Å². The van der Waals surface area contributed by atoms with E-state index in [0.717, 1.165) is 25.7 Å². The number of esters is 2. The van der Waals surface area contributed by atoms with Crippen molar-refractivity contribution in [2.24, 2.45) is 0 Å². The molecule has 9 heteroatoms. The molecule has 0 aliphatic heterocycles. The van der Waals surface area contributed by atoms with Crippen LogP contribution in [-0.2, 0) is 29.0 Å². The molecule has 2 N–H and O–H groups in total. The van der Waals surface area contributed by atoms with Gasteiger partial charge in [-0.3, -0.25) is 0 Å². The summed E-state index contributed by atoms with van der Waals surface area (Å²) in [6.07, 6.45) is 3.41. The summed E-state index contributed by atoms with van der Waals surface area (Å²) in [5.74, 6) is -3.40. The molecule has 2 rings (SSSR count). The first-order valence-corrected chi connectivity index (χ1v) is 10.3. The maximum Gasteiger partial charge on any atom is 0.339 e. The van der Waals surface area contributed by atoms with Gasteiger partial charge in [0.2, 0.25) is 0 Å². The Morgan fingerprint density at radius 1 is 0.636 bits per heavy atom.